The first-order valence-electron chi connectivity index (χ1n) is 7.63. The number of benzene rings is 1. The van der Waals surface area contributed by atoms with Crippen molar-refractivity contribution in [3.8, 4) is 0 Å². The molecule has 0 aliphatic carbocycles. The van der Waals surface area contributed by atoms with Crippen molar-refractivity contribution in [2.24, 2.45) is 0 Å². The molecule has 0 radical (unpaired) electrons. The standard InChI is InChI=1S/C16H15FN4O5/c1-26-15(24)8-2-3-10(17)7-4-5-21(6-9(7)8)14(23)12-11(18)13(22)20-16(25)19-12/h2-3H,4-6,18H2,1H3,(H2,19,20,22,25). The number of hydrogen-bond donors (Lipinski definition) is 3. The number of nitrogens with one attached hydrogen (secondary N) is 2. The third-order valence-corrected chi connectivity index (χ3v) is 4.24. The van der Waals surface area contributed by atoms with E-state index in [1.165, 1.54) is 24.1 Å². The van der Waals surface area contributed by atoms with E-state index in [4.69, 9.17) is 10.5 Å². The Hall–Kier alpha value is -3.43. The van der Waals surface area contributed by atoms with Gasteiger partial charge >= 0.3 is 11.7 Å². The van der Waals surface area contributed by atoms with Gasteiger partial charge in [0.2, 0.25) is 0 Å². The second-order valence-corrected chi connectivity index (χ2v) is 5.72. The Bertz CT molecular complexity index is 1030. The highest BCUT2D eigenvalue weighted by Crippen LogP contribution is 2.27. The van der Waals surface area contributed by atoms with Crippen LogP contribution in [0.15, 0.2) is 21.7 Å². The van der Waals surface area contributed by atoms with Gasteiger partial charge in [-0.2, -0.15) is 0 Å². The van der Waals surface area contributed by atoms with Crippen molar-refractivity contribution >= 4 is 17.6 Å². The number of anilines is 1. The molecular weight excluding hydrogens is 347 g/mol. The Balaban J connectivity index is 2.02. The maximum atomic E-state index is 14.1. The topological polar surface area (TPSA) is 138 Å². The molecule has 0 fully saturated rings. The number of methoxy groups -OCH3 is 1. The van der Waals surface area contributed by atoms with Crippen LogP contribution in [0, 0.1) is 5.82 Å². The molecule has 2 aromatic rings. The fourth-order valence-corrected chi connectivity index (χ4v) is 2.93. The fraction of sp³-hybridized carbons (Fsp3) is 0.250. The molecule has 10 heteroatoms. The molecule has 0 spiro atoms. The molecule has 4 N–H and O–H groups in total. The number of esters is 1. The molecule has 0 unspecified atom stereocenters. The maximum absolute atomic E-state index is 14.1. The zero-order valence-electron chi connectivity index (χ0n) is 13.7. The van der Waals surface area contributed by atoms with Crippen molar-refractivity contribution in [3.05, 3.63) is 61.2 Å². The number of carbonyl (C=O) groups is 2. The van der Waals surface area contributed by atoms with Crippen LogP contribution in [0.25, 0.3) is 0 Å². The lowest BCUT2D eigenvalue weighted by Crippen LogP contribution is -2.40. The molecule has 136 valence electrons. The van der Waals surface area contributed by atoms with Gasteiger partial charge in [-0.3, -0.25) is 14.6 Å². The number of halogens is 1. The summed E-state index contributed by atoms with van der Waals surface area (Å²) in [6, 6.07) is 2.46. The normalized spacial score (nSPS) is 13.2. The average Bonchev–Trinajstić information content (AvgIpc) is 2.63. The molecule has 0 atom stereocenters. The van der Waals surface area contributed by atoms with Gasteiger partial charge in [-0.05, 0) is 29.7 Å². The van der Waals surface area contributed by atoms with E-state index in [-0.39, 0.29) is 30.8 Å². The van der Waals surface area contributed by atoms with Gasteiger partial charge in [-0.15, -0.1) is 0 Å². The second kappa shape index (κ2) is 6.47. The molecule has 1 aliphatic heterocycles. The third-order valence-electron chi connectivity index (χ3n) is 4.24. The van der Waals surface area contributed by atoms with Crippen molar-refractivity contribution in [2.45, 2.75) is 13.0 Å². The second-order valence-electron chi connectivity index (χ2n) is 5.72. The molecule has 1 aliphatic rings. The number of fused-ring (bicyclic) bond motifs is 1. The van der Waals surface area contributed by atoms with Crippen LogP contribution < -0.4 is 17.0 Å². The maximum Gasteiger partial charge on any atom is 0.338 e. The number of rotatable bonds is 2. The Morgan fingerprint density at radius 2 is 1.96 bits per heavy atom. The number of nitrogens with zero attached hydrogens (tertiary/aromatic N) is 1. The van der Waals surface area contributed by atoms with Crippen molar-refractivity contribution in [1.82, 2.24) is 14.9 Å². The minimum atomic E-state index is -0.879. The van der Waals surface area contributed by atoms with Gasteiger partial charge in [-0.1, -0.05) is 0 Å². The Kier molecular flexibility index (Phi) is 4.33. The van der Waals surface area contributed by atoms with E-state index in [1.807, 2.05) is 4.98 Å². The SMILES string of the molecule is COC(=O)c1ccc(F)c2c1CN(C(=O)c1[nH]c(=O)[nH]c(=O)c1N)CC2. The van der Waals surface area contributed by atoms with E-state index in [1.54, 1.807) is 0 Å². The highest BCUT2D eigenvalue weighted by atomic mass is 19.1. The number of aromatic nitrogens is 2. The molecule has 3 rings (SSSR count). The summed E-state index contributed by atoms with van der Waals surface area (Å²) in [6.07, 6.45) is 0.158. The zero-order chi connectivity index (χ0) is 19.0. The van der Waals surface area contributed by atoms with E-state index >= 15 is 0 Å². The van der Waals surface area contributed by atoms with Crippen LogP contribution in [0.4, 0.5) is 10.1 Å². The summed E-state index contributed by atoms with van der Waals surface area (Å²) < 4.78 is 18.8. The number of aromatic amines is 2. The zero-order valence-corrected chi connectivity index (χ0v) is 13.7. The highest BCUT2D eigenvalue weighted by Gasteiger charge is 2.29. The fourth-order valence-electron chi connectivity index (χ4n) is 2.93. The highest BCUT2D eigenvalue weighted by molar-refractivity contribution is 5.97. The Morgan fingerprint density at radius 3 is 2.65 bits per heavy atom. The molecule has 0 saturated heterocycles. The van der Waals surface area contributed by atoms with Gasteiger partial charge in [-0.25, -0.2) is 14.0 Å². The first kappa shape index (κ1) is 17.4. The molecule has 2 heterocycles. The van der Waals surface area contributed by atoms with E-state index in [9.17, 15) is 23.6 Å². The number of hydrogen-bond acceptors (Lipinski definition) is 6. The minimum Gasteiger partial charge on any atom is -0.465 e. The molecule has 0 bridgehead atoms. The lowest BCUT2D eigenvalue weighted by atomic mass is 9.94. The Labute approximate surface area is 145 Å². The summed E-state index contributed by atoms with van der Waals surface area (Å²) in [6.45, 7) is 0.0340. The number of ether oxygens (including phenoxy) is 1. The van der Waals surface area contributed by atoms with E-state index < -0.39 is 34.6 Å². The summed E-state index contributed by atoms with van der Waals surface area (Å²) in [4.78, 5) is 53.0. The van der Waals surface area contributed by atoms with Crippen molar-refractivity contribution < 1.29 is 18.7 Å². The van der Waals surface area contributed by atoms with Gasteiger partial charge < -0.3 is 20.4 Å². The van der Waals surface area contributed by atoms with Crippen molar-refractivity contribution in [1.29, 1.82) is 0 Å². The molecule has 9 nitrogen and oxygen atoms in total. The quantitative estimate of drug-likeness (QED) is 0.631. The van der Waals surface area contributed by atoms with Crippen molar-refractivity contribution in [2.75, 3.05) is 19.4 Å². The largest absolute Gasteiger partial charge is 0.465 e. The minimum absolute atomic E-state index is 0.0926. The van der Waals surface area contributed by atoms with Crippen molar-refractivity contribution in [3.63, 3.8) is 0 Å². The van der Waals surface area contributed by atoms with Gasteiger partial charge in [0.15, 0.2) is 0 Å². The summed E-state index contributed by atoms with van der Waals surface area (Å²) in [5.74, 6) is -1.83. The van der Waals surface area contributed by atoms with E-state index in [0.717, 1.165) is 0 Å². The number of H-pyrrole nitrogens is 2. The first-order valence-corrected chi connectivity index (χ1v) is 7.63. The summed E-state index contributed by atoms with van der Waals surface area (Å²) in [5.41, 5.74) is 3.85. The summed E-state index contributed by atoms with van der Waals surface area (Å²) >= 11 is 0. The number of nitrogens with two attached hydrogens (primary N) is 1. The van der Waals surface area contributed by atoms with E-state index in [0.29, 0.717) is 11.1 Å². The van der Waals surface area contributed by atoms with Crippen LogP contribution in [-0.4, -0.2) is 40.4 Å². The van der Waals surface area contributed by atoms with Crippen LogP contribution in [0.5, 0.6) is 0 Å². The predicted octanol–water partition coefficient (Wildman–Crippen LogP) is -0.230. The van der Waals surface area contributed by atoms with E-state index in [2.05, 4.69) is 4.98 Å². The molecule has 1 aromatic carbocycles. The Morgan fingerprint density at radius 1 is 1.23 bits per heavy atom. The van der Waals surface area contributed by atoms with Crippen LogP contribution in [0.2, 0.25) is 0 Å². The summed E-state index contributed by atoms with van der Waals surface area (Å²) in [7, 11) is 1.20. The third kappa shape index (κ3) is 2.85. The molecular formula is C16H15FN4O5. The van der Waals surface area contributed by atoms with Gasteiger partial charge in [0.1, 0.15) is 17.2 Å². The average molecular weight is 362 g/mol. The van der Waals surface area contributed by atoms with Gasteiger partial charge in [0.25, 0.3) is 11.5 Å². The first-order chi connectivity index (χ1) is 12.3. The summed E-state index contributed by atoms with van der Waals surface area (Å²) in [5, 5.41) is 0. The predicted molar refractivity (Wildman–Crippen MR) is 88.3 cm³/mol. The lowest BCUT2D eigenvalue weighted by Gasteiger charge is -2.30. The number of nitrogen functional groups attached to an aromatic ring is 1. The smallest absolute Gasteiger partial charge is 0.338 e. The molecule has 1 amide bonds. The number of amides is 1. The van der Waals surface area contributed by atoms with Gasteiger partial charge in [0.05, 0.1) is 12.7 Å². The van der Waals surface area contributed by atoms with Crippen LogP contribution in [-0.2, 0) is 17.7 Å². The monoisotopic (exact) mass is 362 g/mol. The number of carbonyl (C=O) groups excluding carboxylic acids is 2. The lowest BCUT2D eigenvalue weighted by molar-refractivity contribution is 0.0591. The van der Waals surface area contributed by atoms with Crippen LogP contribution in [0.3, 0.4) is 0 Å². The van der Waals surface area contributed by atoms with Gasteiger partial charge in [0, 0.05) is 13.1 Å². The van der Waals surface area contributed by atoms with Crippen LogP contribution in [0.1, 0.15) is 32.0 Å². The molecule has 1 aromatic heterocycles. The van der Waals surface area contributed by atoms with Crippen LogP contribution >= 0.6 is 0 Å². The molecule has 26 heavy (non-hydrogen) atoms. The molecule has 0 saturated carbocycles.